The molecule has 0 atom stereocenters. The van der Waals surface area contributed by atoms with E-state index in [2.05, 4.69) is 38.7 Å². The van der Waals surface area contributed by atoms with E-state index in [0.717, 1.165) is 28.7 Å². The number of halogens is 2. The Balaban J connectivity index is 2.36. The van der Waals surface area contributed by atoms with Gasteiger partial charge in [0.1, 0.15) is 0 Å². The minimum atomic E-state index is -0.167. The Morgan fingerprint density at radius 3 is 2.79 bits per heavy atom. The molecule has 0 spiro atoms. The molecule has 0 radical (unpaired) electrons. The molecule has 0 saturated carbocycles. The number of amides is 1. The van der Waals surface area contributed by atoms with Gasteiger partial charge in [-0.15, -0.1) is 0 Å². The van der Waals surface area contributed by atoms with Crippen LogP contribution in [-0.2, 0) is 4.79 Å². The highest BCUT2D eigenvalue weighted by molar-refractivity contribution is 9.10. The molecule has 0 saturated heterocycles. The first kappa shape index (κ1) is 15.9. The van der Waals surface area contributed by atoms with E-state index in [0.29, 0.717) is 5.02 Å². The highest BCUT2D eigenvalue weighted by Gasteiger charge is 2.04. The Bertz CT molecular complexity index is 465. The highest BCUT2D eigenvalue weighted by Crippen LogP contribution is 2.25. The van der Waals surface area contributed by atoms with Crippen LogP contribution in [0.4, 0.5) is 5.69 Å². The van der Waals surface area contributed by atoms with Crippen LogP contribution in [0.25, 0.3) is 0 Å². The van der Waals surface area contributed by atoms with E-state index in [1.807, 2.05) is 13.0 Å². The van der Waals surface area contributed by atoms with Crippen molar-refractivity contribution in [2.75, 3.05) is 11.9 Å². The van der Waals surface area contributed by atoms with Gasteiger partial charge in [-0.3, -0.25) is 10.2 Å². The summed E-state index contributed by atoms with van der Waals surface area (Å²) in [5.74, 6) is -0.167. The molecule has 6 heteroatoms. The predicted octanol–water partition coefficient (Wildman–Crippen LogP) is 3.45. The van der Waals surface area contributed by atoms with Crippen molar-refractivity contribution in [3.05, 3.63) is 40.0 Å². The molecule has 1 amide bonds. The lowest BCUT2D eigenvalue weighted by Crippen LogP contribution is -2.39. The van der Waals surface area contributed by atoms with Crippen molar-refractivity contribution in [3.8, 4) is 0 Å². The van der Waals surface area contributed by atoms with Crippen LogP contribution in [0, 0.1) is 0 Å². The van der Waals surface area contributed by atoms with Gasteiger partial charge in [-0.2, -0.15) is 0 Å². The number of benzene rings is 1. The summed E-state index contributed by atoms with van der Waals surface area (Å²) in [5, 5.41) is 3.65. The first-order valence-electron chi connectivity index (χ1n) is 5.94. The second-order valence-corrected chi connectivity index (χ2v) is 5.30. The molecule has 0 aliphatic heterocycles. The van der Waals surface area contributed by atoms with Crippen LogP contribution in [0.5, 0.6) is 0 Å². The van der Waals surface area contributed by atoms with Crippen molar-refractivity contribution in [1.82, 2.24) is 10.9 Å². The summed E-state index contributed by atoms with van der Waals surface area (Å²) in [6.07, 6.45) is 1.81. The number of hydrogen-bond donors (Lipinski definition) is 3. The van der Waals surface area contributed by atoms with Gasteiger partial charge in [-0.05, 0) is 40.5 Å². The molecule has 0 aliphatic carbocycles. The molecule has 3 N–H and O–H groups in total. The van der Waals surface area contributed by atoms with Gasteiger partial charge >= 0.3 is 0 Å². The zero-order valence-corrected chi connectivity index (χ0v) is 13.1. The molecule has 0 aliphatic rings. The number of rotatable bonds is 7. The number of allylic oxidation sites excluding steroid dienone is 1. The number of anilines is 1. The van der Waals surface area contributed by atoms with Crippen molar-refractivity contribution < 1.29 is 4.79 Å². The van der Waals surface area contributed by atoms with Crippen LogP contribution in [0.1, 0.15) is 19.8 Å². The second-order valence-electron chi connectivity index (χ2n) is 4.00. The largest absolute Gasteiger partial charge is 0.375 e. The van der Waals surface area contributed by atoms with Crippen molar-refractivity contribution in [3.63, 3.8) is 0 Å². The summed E-state index contributed by atoms with van der Waals surface area (Å²) in [5.41, 5.74) is 6.96. The van der Waals surface area contributed by atoms with Gasteiger partial charge in [0.25, 0.3) is 5.91 Å². The fraction of sp³-hybridized carbons (Fsp3) is 0.308. The average molecular weight is 347 g/mol. The number of nitrogens with one attached hydrogen (secondary N) is 3. The van der Waals surface area contributed by atoms with Gasteiger partial charge in [0, 0.05) is 20.9 Å². The maximum Gasteiger partial charge on any atom is 0.257 e. The molecule has 104 valence electrons. The normalized spacial score (nSPS) is 9.84. The molecule has 1 rings (SSSR count). The molecular weight excluding hydrogens is 330 g/mol. The van der Waals surface area contributed by atoms with Crippen LogP contribution < -0.4 is 16.2 Å². The number of hydrazine groups is 1. The summed E-state index contributed by atoms with van der Waals surface area (Å²) in [7, 11) is 0. The van der Waals surface area contributed by atoms with Crippen molar-refractivity contribution >= 4 is 39.1 Å². The lowest BCUT2D eigenvalue weighted by molar-refractivity contribution is -0.120. The Kier molecular flexibility index (Phi) is 6.73. The monoisotopic (exact) mass is 345 g/mol. The summed E-state index contributed by atoms with van der Waals surface area (Å²) >= 11 is 9.21. The molecular formula is C13H17BrClN3O. The highest BCUT2D eigenvalue weighted by atomic mass is 79.9. The van der Waals surface area contributed by atoms with Gasteiger partial charge in [-0.1, -0.05) is 31.5 Å². The van der Waals surface area contributed by atoms with Gasteiger partial charge < -0.3 is 10.7 Å². The first-order chi connectivity index (χ1) is 9.02. The number of carbonyl (C=O) groups is 1. The van der Waals surface area contributed by atoms with Gasteiger partial charge in [0.2, 0.25) is 0 Å². The first-order valence-corrected chi connectivity index (χ1v) is 7.11. The van der Waals surface area contributed by atoms with Crippen LogP contribution in [0.3, 0.4) is 0 Å². The van der Waals surface area contributed by atoms with E-state index in [-0.39, 0.29) is 12.5 Å². The fourth-order valence-electron chi connectivity index (χ4n) is 1.37. The minimum Gasteiger partial charge on any atom is -0.375 e. The third-order valence-corrected chi connectivity index (χ3v) is 3.19. The summed E-state index contributed by atoms with van der Waals surface area (Å²) < 4.78 is 0.816. The molecule has 4 nitrogen and oxygen atoms in total. The Hall–Kier alpha value is -1.20. The molecule has 0 aromatic heterocycles. The van der Waals surface area contributed by atoms with Crippen molar-refractivity contribution in [2.24, 2.45) is 0 Å². The van der Waals surface area contributed by atoms with Crippen LogP contribution in [-0.4, -0.2) is 12.5 Å². The lowest BCUT2D eigenvalue weighted by atomic mass is 10.3. The molecule has 1 aromatic rings. The lowest BCUT2D eigenvalue weighted by Gasteiger charge is -2.12. The van der Waals surface area contributed by atoms with Gasteiger partial charge in [0.05, 0.1) is 6.54 Å². The summed E-state index contributed by atoms with van der Waals surface area (Å²) in [6.45, 7) is 6.00. The van der Waals surface area contributed by atoms with Crippen molar-refractivity contribution in [1.29, 1.82) is 0 Å². The third kappa shape index (κ3) is 5.98. The maximum absolute atomic E-state index is 11.6. The SMILES string of the molecule is C=C(CCC)NNC(=O)CNc1ccc(Cl)cc1Br. The fourth-order valence-corrected chi connectivity index (χ4v) is 2.20. The Morgan fingerprint density at radius 2 is 2.16 bits per heavy atom. The van der Waals surface area contributed by atoms with Gasteiger partial charge in [0.15, 0.2) is 0 Å². The van der Waals surface area contributed by atoms with Crippen LogP contribution in [0.15, 0.2) is 34.9 Å². The Labute approximate surface area is 126 Å². The standard InChI is InChI=1S/C13H17BrClN3O/c1-3-4-9(2)17-18-13(19)8-16-12-6-5-10(15)7-11(12)14/h5-7,16-17H,2-4,8H2,1H3,(H,18,19). The average Bonchev–Trinajstić information content (AvgIpc) is 2.35. The molecule has 0 fully saturated rings. The molecule has 0 heterocycles. The van der Waals surface area contributed by atoms with E-state index < -0.39 is 0 Å². The predicted molar refractivity (Wildman–Crippen MR) is 83.0 cm³/mol. The molecule has 0 unspecified atom stereocenters. The number of carbonyl (C=O) groups excluding carboxylic acids is 1. The van der Waals surface area contributed by atoms with Crippen molar-refractivity contribution in [2.45, 2.75) is 19.8 Å². The van der Waals surface area contributed by atoms with Gasteiger partial charge in [-0.25, -0.2) is 0 Å². The van der Waals surface area contributed by atoms with Crippen LogP contribution in [0.2, 0.25) is 5.02 Å². The zero-order valence-electron chi connectivity index (χ0n) is 10.7. The van der Waals surface area contributed by atoms with E-state index in [9.17, 15) is 4.79 Å². The number of hydrogen-bond acceptors (Lipinski definition) is 3. The van der Waals surface area contributed by atoms with E-state index in [1.54, 1.807) is 12.1 Å². The van der Waals surface area contributed by atoms with Crippen LogP contribution >= 0.6 is 27.5 Å². The topological polar surface area (TPSA) is 53.2 Å². The third-order valence-electron chi connectivity index (χ3n) is 2.30. The molecule has 1 aromatic carbocycles. The summed E-state index contributed by atoms with van der Waals surface area (Å²) in [6, 6.07) is 5.33. The quantitative estimate of drug-likeness (QED) is 0.663. The Morgan fingerprint density at radius 1 is 1.42 bits per heavy atom. The second kappa shape index (κ2) is 8.07. The molecule has 0 bridgehead atoms. The molecule has 19 heavy (non-hydrogen) atoms. The summed E-state index contributed by atoms with van der Waals surface area (Å²) in [4.78, 5) is 11.6. The van der Waals surface area contributed by atoms with E-state index in [4.69, 9.17) is 11.6 Å². The minimum absolute atomic E-state index is 0.159. The maximum atomic E-state index is 11.6. The van der Waals surface area contributed by atoms with E-state index in [1.165, 1.54) is 0 Å². The smallest absolute Gasteiger partial charge is 0.257 e. The van der Waals surface area contributed by atoms with E-state index >= 15 is 0 Å². The zero-order chi connectivity index (χ0) is 14.3.